The van der Waals surface area contributed by atoms with E-state index in [4.69, 9.17) is 9.47 Å². The normalized spacial score (nSPS) is 10.6. The lowest BCUT2D eigenvalue weighted by Crippen LogP contribution is -2.06. The number of carbonyl (C=O) groups is 1. The Hall–Kier alpha value is -3.06. The standard InChI is InChI=1S/C24H23BrFNO4/c1-3-30-22-11-18(13-27-21-10-16(24(28)29)9-8-15(21)2)19(25)12-23(22)31-14-17-6-4-5-7-20(17)26/h4-12,27H,3,13-14H2,1-2H3,(H,28,29). The van der Waals surface area contributed by atoms with Crippen LogP contribution in [0.15, 0.2) is 59.1 Å². The van der Waals surface area contributed by atoms with Gasteiger partial charge in [-0.05, 0) is 55.3 Å². The Morgan fingerprint density at radius 2 is 1.81 bits per heavy atom. The lowest BCUT2D eigenvalue weighted by Gasteiger charge is -2.17. The molecule has 0 bridgehead atoms. The van der Waals surface area contributed by atoms with Gasteiger partial charge in [-0.2, -0.15) is 0 Å². The molecule has 3 aromatic rings. The predicted octanol–water partition coefficient (Wildman–Crippen LogP) is 6.18. The quantitative estimate of drug-likeness (QED) is 0.376. The van der Waals surface area contributed by atoms with E-state index < -0.39 is 5.97 Å². The van der Waals surface area contributed by atoms with Gasteiger partial charge in [0, 0.05) is 22.3 Å². The molecule has 0 heterocycles. The van der Waals surface area contributed by atoms with Crippen molar-refractivity contribution in [2.75, 3.05) is 11.9 Å². The van der Waals surface area contributed by atoms with Crippen LogP contribution in [0.25, 0.3) is 0 Å². The first kappa shape index (κ1) is 22.6. The van der Waals surface area contributed by atoms with Crippen molar-refractivity contribution in [3.05, 3.63) is 87.1 Å². The maximum Gasteiger partial charge on any atom is 0.335 e. The molecule has 0 saturated carbocycles. The highest BCUT2D eigenvalue weighted by atomic mass is 79.9. The molecular weight excluding hydrogens is 465 g/mol. The number of ether oxygens (including phenoxy) is 2. The van der Waals surface area contributed by atoms with Crippen LogP contribution in [0.2, 0.25) is 0 Å². The highest BCUT2D eigenvalue weighted by Gasteiger charge is 2.13. The summed E-state index contributed by atoms with van der Waals surface area (Å²) >= 11 is 3.56. The van der Waals surface area contributed by atoms with Gasteiger partial charge in [0.25, 0.3) is 0 Å². The molecular formula is C24H23BrFNO4. The first-order valence-electron chi connectivity index (χ1n) is 9.78. The van der Waals surface area contributed by atoms with E-state index in [2.05, 4.69) is 21.2 Å². The lowest BCUT2D eigenvalue weighted by molar-refractivity contribution is 0.0697. The number of carboxylic acid groups (broad SMARTS) is 1. The van der Waals surface area contributed by atoms with Crippen molar-refractivity contribution in [1.29, 1.82) is 0 Å². The molecule has 162 valence electrons. The van der Waals surface area contributed by atoms with E-state index in [9.17, 15) is 14.3 Å². The van der Waals surface area contributed by atoms with Gasteiger partial charge in [-0.25, -0.2) is 9.18 Å². The van der Waals surface area contributed by atoms with Crippen LogP contribution < -0.4 is 14.8 Å². The van der Waals surface area contributed by atoms with E-state index in [-0.39, 0.29) is 18.0 Å². The largest absolute Gasteiger partial charge is 0.490 e. The zero-order valence-corrected chi connectivity index (χ0v) is 18.8. The number of carboxylic acids is 1. The average Bonchev–Trinajstić information content (AvgIpc) is 2.74. The second kappa shape index (κ2) is 10.3. The summed E-state index contributed by atoms with van der Waals surface area (Å²) in [7, 11) is 0. The number of hydrogen-bond donors (Lipinski definition) is 2. The minimum Gasteiger partial charge on any atom is -0.490 e. The van der Waals surface area contributed by atoms with Gasteiger partial charge in [-0.15, -0.1) is 0 Å². The van der Waals surface area contributed by atoms with Crippen LogP contribution >= 0.6 is 15.9 Å². The minimum atomic E-state index is -0.973. The number of anilines is 1. The summed E-state index contributed by atoms with van der Waals surface area (Å²) in [6.07, 6.45) is 0. The van der Waals surface area contributed by atoms with Crippen molar-refractivity contribution in [2.45, 2.75) is 27.0 Å². The average molecular weight is 488 g/mol. The SMILES string of the molecule is CCOc1cc(CNc2cc(C(=O)O)ccc2C)c(Br)cc1OCc1ccccc1F. The molecule has 0 saturated heterocycles. The second-order valence-electron chi connectivity index (χ2n) is 6.89. The maximum atomic E-state index is 13.9. The Labute approximate surface area is 189 Å². The number of aryl methyl sites for hydroxylation is 1. The van der Waals surface area contributed by atoms with Crippen LogP contribution in [0.3, 0.4) is 0 Å². The molecule has 5 nitrogen and oxygen atoms in total. The monoisotopic (exact) mass is 487 g/mol. The summed E-state index contributed by atoms with van der Waals surface area (Å²) in [5.41, 5.74) is 3.27. The van der Waals surface area contributed by atoms with Crippen molar-refractivity contribution in [1.82, 2.24) is 0 Å². The smallest absolute Gasteiger partial charge is 0.335 e. The molecule has 0 aromatic heterocycles. The summed E-state index contributed by atoms with van der Waals surface area (Å²) < 4.78 is 26.3. The van der Waals surface area contributed by atoms with E-state index in [1.807, 2.05) is 19.9 Å². The van der Waals surface area contributed by atoms with Gasteiger partial charge in [0.1, 0.15) is 12.4 Å². The van der Waals surface area contributed by atoms with Gasteiger partial charge in [-0.1, -0.05) is 40.2 Å². The highest BCUT2D eigenvalue weighted by Crippen LogP contribution is 2.35. The Morgan fingerprint density at radius 3 is 2.52 bits per heavy atom. The van der Waals surface area contributed by atoms with E-state index in [1.54, 1.807) is 42.5 Å². The van der Waals surface area contributed by atoms with Gasteiger partial charge < -0.3 is 19.9 Å². The molecule has 0 amide bonds. The predicted molar refractivity (Wildman–Crippen MR) is 122 cm³/mol. The number of benzene rings is 3. The van der Waals surface area contributed by atoms with Gasteiger partial charge in [-0.3, -0.25) is 0 Å². The number of nitrogens with one attached hydrogen (secondary N) is 1. The van der Waals surface area contributed by atoms with Gasteiger partial charge in [0.2, 0.25) is 0 Å². The number of aromatic carboxylic acids is 1. The van der Waals surface area contributed by atoms with Crippen molar-refractivity contribution in [3.8, 4) is 11.5 Å². The number of hydrogen-bond acceptors (Lipinski definition) is 4. The minimum absolute atomic E-state index is 0.0813. The lowest BCUT2D eigenvalue weighted by atomic mass is 10.1. The first-order chi connectivity index (χ1) is 14.9. The summed E-state index contributed by atoms with van der Waals surface area (Å²) in [5, 5.41) is 12.5. The molecule has 3 aromatic carbocycles. The van der Waals surface area contributed by atoms with Gasteiger partial charge in [0.15, 0.2) is 11.5 Å². The van der Waals surface area contributed by atoms with Crippen molar-refractivity contribution in [3.63, 3.8) is 0 Å². The maximum absolute atomic E-state index is 13.9. The topological polar surface area (TPSA) is 67.8 Å². The molecule has 31 heavy (non-hydrogen) atoms. The van der Waals surface area contributed by atoms with Crippen molar-refractivity contribution >= 4 is 27.6 Å². The van der Waals surface area contributed by atoms with Crippen LogP contribution in [0.5, 0.6) is 11.5 Å². The van der Waals surface area contributed by atoms with Crippen molar-refractivity contribution in [2.24, 2.45) is 0 Å². The van der Waals surface area contributed by atoms with Crippen LogP contribution in [-0.2, 0) is 13.2 Å². The zero-order chi connectivity index (χ0) is 22.4. The molecule has 0 aliphatic carbocycles. The molecule has 0 aliphatic rings. The third-order valence-electron chi connectivity index (χ3n) is 4.71. The summed E-state index contributed by atoms with van der Waals surface area (Å²) in [4.78, 5) is 11.2. The van der Waals surface area contributed by atoms with E-state index in [0.717, 1.165) is 21.3 Å². The number of rotatable bonds is 9. The molecule has 0 fully saturated rings. The summed E-state index contributed by atoms with van der Waals surface area (Å²) in [5.74, 6) is -0.238. The highest BCUT2D eigenvalue weighted by molar-refractivity contribution is 9.10. The molecule has 0 radical (unpaired) electrons. The van der Waals surface area contributed by atoms with Crippen LogP contribution in [0.1, 0.15) is 34.0 Å². The van der Waals surface area contributed by atoms with Gasteiger partial charge in [0.05, 0.1) is 12.2 Å². The first-order valence-corrected chi connectivity index (χ1v) is 10.6. The molecule has 3 rings (SSSR count). The number of halogens is 2. The zero-order valence-electron chi connectivity index (χ0n) is 17.2. The Morgan fingerprint density at radius 1 is 1.06 bits per heavy atom. The molecule has 2 N–H and O–H groups in total. The Bertz CT molecular complexity index is 1090. The van der Waals surface area contributed by atoms with Crippen LogP contribution in [0, 0.1) is 12.7 Å². The van der Waals surface area contributed by atoms with Crippen LogP contribution in [-0.4, -0.2) is 17.7 Å². The van der Waals surface area contributed by atoms with E-state index >= 15 is 0 Å². The summed E-state index contributed by atoms with van der Waals surface area (Å²) in [6.45, 7) is 4.76. The third-order valence-corrected chi connectivity index (χ3v) is 5.45. The summed E-state index contributed by atoms with van der Waals surface area (Å²) in [6, 6.07) is 15.1. The molecule has 0 unspecified atom stereocenters. The second-order valence-corrected chi connectivity index (χ2v) is 7.75. The van der Waals surface area contributed by atoms with E-state index in [0.29, 0.717) is 30.2 Å². The Balaban J connectivity index is 1.79. The van der Waals surface area contributed by atoms with Crippen LogP contribution in [0.4, 0.5) is 10.1 Å². The third kappa shape index (κ3) is 5.76. The molecule has 7 heteroatoms. The fraction of sp³-hybridized carbons (Fsp3) is 0.208. The molecule has 0 aliphatic heterocycles. The molecule has 0 atom stereocenters. The molecule has 0 spiro atoms. The Kier molecular flexibility index (Phi) is 7.52. The fourth-order valence-corrected chi connectivity index (χ4v) is 3.46. The van der Waals surface area contributed by atoms with Gasteiger partial charge >= 0.3 is 5.97 Å². The fourth-order valence-electron chi connectivity index (χ4n) is 3.00. The van der Waals surface area contributed by atoms with E-state index in [1.165, 1.54) is 6.07 Å². The van der Waals surface area contributed by atoms with Crippen molar-refractivity contribution < 1.29 is 23.8 Å².